The van der Waals surface area contributed by atoms with E-state index < -0.39 is 0 Å². The molecule has 130 valence electrons. The highest BCUT2D eigenvalue weighted by atomic mass is 32.2. The van der Waals surface area contributed by atoms with Crippen LogP contribution in [0.5, 0.6) is 0 Å². The molecule has 1 aromatic heterocycles. The fourth-order valence-corrected chi connectivity index (χ4v) is 4.02. The van der Waals surface area contributed by atoms with Crippen molar-refractivity contribution < 1.29 is 4.42 Å². The first-order valence-corrected chi connectivity index (χ1v) is 11.0. The van der Waals surface area contributed by atoms with Gasteiger partial charge in [0, 0.05) is 26.3 Å². The molecule has 1 nitrogen and oxygen atoms in total. The number of rotatable bonds is 4. The van der Waals surface area contributed by atoms with Gasteiger partial charge in [0.1, 0.15) is 11.3 Å². The predicted molar refractivity (Wildman–Crippen MR) is 115 cm³/mol. The van der Waals surface area contributed by atoms with E-state index >= 15 is 0 Å². The quantitative estimate of drug-likeness (QED) is 0.342. The molecule has 0 radical (unpaired) electrons. The van der Waals surface area contributed by atoms with Gasteiger partial charge in [-0.2, -0.15) is 0 Å². The van der Waals surface area contributed by atoms with Crippen LogP contribution in [0.4, 0.5) is 0 Å². The van der Waals surface area contributed by atoms with E-state index in [4.69, 9.17) is 4.42 Å². The molecule has 0 saturated carbocycles. The molecule has 3 heteroatoms. The molecule has 0 unspecified atom stereocenters. The van der Waals surface area contributed by atoms with Gasteiger partial charge in [-0.25, -0.2) is 0 Å². The summed E-state index contributed by atoms with van der Waals surface area (Å²) in [5.74, 6) is 0.940. The Morgan fingerprint density at radius 1 is 0.692 bits per heavy atom. The van der Waals surface area contributed by atoms with Crippen molar-refractivity contribution in [2.24, 2.45) is 0 Å². The van der Waals surface area contributed by atoms with Crippen LogP contribution in [0.2, 0.25) is 0 Å². The van der Waals surface area contributed by atoms with Crippen LogP contribution in [-0.2, 0) is 0 Å². The van der Waals surface area contributed by atoms with Gasteiger partial charge in [-0.05, 0) is 61.4 Å². The predicted octanol–water partition coefficient (Wildman–Crippen LogP) is 7.52. The molecular weight excluding hydrogens is 356 g/mol. The largest absolute Gasteiger partial charge is 0.455 e. The lowest BCUT2D eigenvalue weighted by Gasteiger charge is -2.06. The van der Waals surface area contributed by atoms with Gasteiger partial charge in [0.05, 0.1) is 0 Å². The van der Waals surface area contributed by atoms with Gasteiger partial charge in [0.15, 0.2) is 0 Å². The second-order valence-electron chi connectivity index (χ2n) is 6.26. The zero-order chi connectivity index (χ0) is 18.1. The summed E-state index contributed by atoms with van der Waals surface area (Å²) in [4.78, 5) is 2.52. The lowest BCUT2D eigenvalue weighted by molar-refractivity contribution is 0.632. The second kappa shape index (κ2) is 7.26. The van der Waals surface area contributed by atoms with Gasteiger partial charge in [-0.15, -0.1) is 23.5 Å². The Labute approximate surface area is 162 Å². The lowest BCUT2D eigenvalue weighted by atomic mass is 9.98. The third-order valence-electron chi connectivity index (χ3n) is 4.57. The van der Waals surface area contributed by atoms with Gasteiger partial charge >= 0.3 is 0 Å². The molecule has 0 saturated heterocycles. The van der Waals surface area contributed by atoms with Crippen molar-refractivity contribution in [1.82, 2.24) is 0 Å². The minimum absolute atomic E-state index is 0.934. The SMILES string of the molecule is CSc1ccc(-c2oc3ccc(C)cc3c2-c2ccc(SC)cc2)cc1. The van der Waals surface area contributed by atoms with E-state index in [1.165, 1.54) is 31.9 Å². The fraction of sp³-hybridized carbons (Fsp3) is 0.130. The van der Waals surface area contributed by atoms with E-state index in [1.807, 2.05) is 0 Å². The van der Waals surface area contributed by atoms with Crippen molar-refractivity contribution in [3.05, 3.63) is 72.3 Å². The molecule has 0 aliphatic rings. The fourth-order valence-electron chi connectivity index (χ4n) is 3.20. The standard InChI is InChI=1S/C23H20OS2/c1-15-4-13-21-20(14-15)22(16-5-9-18(25-2)10-6-16)23(24-21)17-7-11-19(26-3)12-8-17/h4-14H,1-3H3. The topological polar surface area (TPSA) is 13.1 Å². The van der Waals surface area contributed by atoms with Gasteiger partial charge in [-0.3, -0.25) is 0 Å². The highest BCUT2D eigenvalue weighted by Gasteiger charge is 2.18. The summed E-state index contributed by atoms with van der Waals surface area (Å²) in [6.45, 7) is 2.12. The van der Waals surface area contributed by atoms with E-state index in [1.54, 1.807) is 23.5 Å². The minimum Gasteiger partial charge on any atom is -0.455 e. The Morgan fingerprint density at radius 2 is 1.27 bits per heavy atom. The van der Waals surface area contributed by atoms with Crippen LogP contribution >= 0.6 is 23.5 Å². The lowest BCUT2D eigenvalue weighted by Crippen LogP contribution is -1.82. The number of hydrogen-bond donors (Lipinski definition) is 0. The van der Waals surface area contributed by atoms with Crippen molar-refractivity contribution in [2.75, 3.05) is 12.5 Å². The summed E-state index contributed by atoms with van der Waals surface area (Å²) >= 11 is 3.51. The van der Waals surface area contributed by atoms with Crippen LogP contribution < -0.4 is 0 Å². The van der Waals surface area contributed by atoms with Crippen molar-refractivity contribution >= 4 is 34.5 Å². The molecule has 0 bridgehead atoms. The zero-order valence-corrected chi connectivity index (χ0v) is 16.7. The number of furan rings is 1. The monoisotopic (exact) mass is 376 g/mol. The molecule has 4 rings (SSSR count). The Balaban J connectivity index is 1.96. The average Bonchev–Trinajstić information content (AvgIpc) is 3.06. The van der Waals surface area contributed by atoms with Gasteiger partial charge in [0.2, 0.25) is 0 Å². The minimum atomic E-state index is 0.934. The third kappa shape index (κ3) is 3.17. The molecule has 0 aliphatic heterocycles. The Kier molecular flexibility index (Phi) is 4.84. The molecule has 3 aromatic carbocycles. The van der Waals surface area contributed by atoms with Gasteiger partial charge < -0.3 is 4.42 Å². The maximum Gasteiger partial charge on any atom is 0.143 e. The number of hydrogen-bond acceptors (Lipinski definition) is 3. The molecule has 26 heavy (non-hydrogen) atoms. The van der Waals surface area contributed by atoms with E-state index in [2.05, 4.69) is 86.2 Å². The van der Waals surface area contributed by atoms with E-state index in [9.17, 15) is 0 Å². The highest BCUT2D eigenvalue weighted by Crippen LogP contribution is 2.41. The molecule has 0 spiro atoms. The van der Waals surface area contributed by atoms with Crippen LogP contribution in [0.1, 0.15) is 5.56 Å². The van der Waals surface area contributed by atoms with E-state index in [-0.39, 0.29) is 0 Å². The maximum atomic E-state index is 6.31. The number of fused-ring (bicyclic) bond motifs is 1. The molecule has 0 N–H and O–H groups in total. The Hall–Kier alpha value is -2.10. The first kappa shape index (κ1) is 17.3. The van der Waals surface area contributed by atoms with E-state index in [0.717, 1.165) is 16.9 Å². The summed E-state index contributed by atoms with van der Waals surface area (Å²) in [5, 5.41) is 1.17. The van der Waals surface area contributed by atoms with Crippen molar-refractivity contribution in [2.45, 2.75) is 16.7 Å². The molecule has 0 fully saturated rings. The summed E-state index contributed by atoms with van der Waals surface area (Å²) in [6, 6.07) is 23.7. The molecular formula is C23H20OS2. The first-order chi connectivity index (χ1) is 12.7. The molecule has 4 aromatic rings. The average molecular weight is 377 g/mol. The van der Waals surface area contributed by atoms with Crippen LogP contribution in [-0.4, -0.2) is 12.5 Å². The van der Waals surface area contributed by atoms with Crippen molar-refractivity contribution in [1.29, 1.82) is 0 Å². The first-order valence-electron chi connectivity index (χ1n) is 8.51. The highest BCUT2D eigenvalue weighted by molar-refractivity contribution is 7.98. The smallest absolute Gasteiger partial charge is 0.143 e. The Morgan fingerprint density at radius 3 is 1.85 bits per heavy atom. The van der Waals surface area contributed by atoms with Crippen LogP contribution in [0, 0.1) is 6.92 Å². The maximum absolute atomic E-state index is 6.31. The summed E-state index contributed by atoms with van der Waals surface area (Å²) in [6.07, 6.45) is 4.20. The normalized spacial score (nSPS) is 11.2. The van der Waals surface area contributed by atoms with Gasteiger partial charge in [0.25, 0.3) is 0 Å². The van der Waals surface area contributed by atoms with Crippen LogP contribution in [0.25, 0.3) is 33.4 Å². The van der Waals surface area contributed by atoms with Gasteiger partial charge in [-0.1, -0.05) is 35.9 Å². The summed E-state index contributed by atoms with van der Waals surface area (Å²) in [5.41, 5.74) is 5.65. The second-order valence-corrected chi connectivity index (χ2v) is 8.02. The molecule has 0 amide bonds. The Bertz CT molecular complexity index is 1040. The van der Waals surface area contributed by atoms with E-state index in [0.29, 0.717) is 0 Å². The van der Waals surface area contributed by atoms with Crippen molar-refractivity contribution in [3.8, 4) is 22.5 Å². The summed E-state index contributed by atoms with van der Waals surface area (Å²) in [7, 11) is 0. The van der Waals surface area contributed by atoms with Crippen LogP contribution in [0.3, 0.4) is 0 Å². The molecule has 0 aliphatic carbocycles. The number of thioether (sulfide) groups is 2. The number of aryl methyl sites for hydroxylation is 1. The number of benzene rings is 3. The molecule has 0 atom stereocenters. The summed E-state index contributed by atoms with van der Waals surface area (Å²) < 4.78 is 6.31. The van der Waals surface area contributed by atoms with Crippen molar-refractivity contribution in [3.63, 3.8) is 0 Å². The molecule has 1 heterocycles. The third-order valence-corrected chi connectivity index (χ3v) is 6.06. The van der Waals surface area contributed by atoms with Crippen LogP contribution in [0.15, 0.2) is 80.9 Å². The zero-order valence-electron chi connectivity index (χ0n) is 15.1.